The van der Waals surface area contributed by atoms with E-state index in [0.717, 1.165) is 0 Å². The fourth-order valence-electron chi connectivity index (χ4n) is 2.32. The lowest BCUT2D eigenvalue weighted by Gasteiger charge is -2.15. The summed E-state index contributed by atoms with van der Waals surface area (Å²) >= 11 is 6.07. The minimum atomic E-state index is -4.28. The minimum Gasteiger partial charge on any atom is -0.619 e. The van der Waals surface area contributed by atoms with Gasteiger partial charge in [-0.15, -0.1) is 0 Å². The van der Waals surface area contributed by atoms with Crippen molar-refractivity contribution in [2.75, 3.05) is 23.5 Å². The largest absolute Gasteiger partial charge is 0.619 e. The van der Waals surface area contributed by atoms with Crippen molar-refractivity contribution in [3.63, 3.8) is 0 Å². The van der Waals surface area contributed by atoms with Crippen molar-refractivity contribution in [3.05, 3.63) is 41.1 Å². The van der Waals surface area contributed by atoms with Crippen LogP contribution in [0.3, 0.4) is 0 Å². The number of anilines is 1. The Morgan fingerprint density at radius 3 is 2.79 bits per heavy atom. The molecule has 0 aromatic carbocycles. The topological polar surface area (TPSA) is 82.1 Å². The number of aromatic nitrogens is 3. The number of hydrogen-bond acceptors (Lipinski definition) is 4. The number of hydrogen-bond donors (Lipinski definition) is 0. The Labute approximate surface area is 166 Å². The quantitative estimate of drug-likeness (QED) is 0.468. The number of amides is 1. The fraction of sp³-hybridized carbons (Fsp3) is 0.438. The third kappa shape index (κ3) is 6.48. The van der Waals surface area contributed by atoms with Crippen molar-refractivity contribution in [2.24, 2.45) is 0 Å². The molecule has 0 N–H and O–H groups in total. The van der Waals surface area contributed by atoms with E-state index >= 15 is 0 Å². The predicted octanol–water partition coefficient (Wildman–Crippen LogP) is 2.60. The van der Waals surface area contributed by atoms with E-state index in [-0.39, 0.29) is 35.2 Å². The third-order valence-electron chi connectivity index (χ3n) is 3.79. The Kier molecular flexibility index (Phi) is 7.41. The van der Waals surface area contributed by atoms with Crippen molar-refractivity contribution in [1.82, 2.24) is 9.78 Å². The van der Waals surface area contributed by atoms with Gasteiger partial charge in [-0.05, 0) is 12.5 Å². The van der Waals surface area contributed by atoms with Gasteiger partial charge in [0.15, 0.2) is 11.3 Å². The average Bonchev–Trinajstić information content (AvgIpc) is 2.99. The van der Waals surface area contributed by atoms with E-state index in [1.807, 2.05) is 0 Å². The van der Waals surface area contributed by atoms with Crippen molar-refractivity contribution in [1.29, 1.82) is 0 Å². The minimum absolute atomic E-state index is 0.0310. The molecule has 154 valence electrons. The zero-order valence-corrected chi connectivity index (χ0v) is 16.4. The maximum atomic E-state index is 12.3. The second-order valence-corrected chi connectivity index (χ2v) is 8.00. The molecule has 1 atom stereocenters. The van der Waals surface area contributed by atoms with E-state index in [1.165, 1.54) is 41.3 Å². The number of carbonyl (C=O) groups is 1. The number of alkyl halides is 3. The molecule has 0 bridgehead atoms. The van der Waals surface area contributed by atoms with Gasteiger partial charge in [0, 0.05) is 48.3 Å². The normalized spacial score (nSPS) is 12.8. The summed E-state index contributed by atoms with van der Waals surface area (Å²) in [5, 5.41) is 15.4. The molecule has 1 unspecified atom stereocenters. The van der Waals surface area contributed by atoms with Crippen LogP contribution in [-0.2, 0) is 15.6 Å². The molecule has 2 aromatic rings. The SMILES string of the molecule is CN(C(=O)CCS(=O)CCCC(F)(F)F)c1cn(-c2ccc[n+]([O-])c2)nc1Cl. The van der Waals surface area contributed by atoms with Crippen LogP contribution in [0.25, 0.3) is 5.69 Å². The lowest BCUT2D eigenvalue weighted by Crippen LogP contribution is -2.27. The molecule has 2 heterocycles. The van der Waals surface area contributed by atoms with Gasteiger partial charge in [-0.2, -0.15) is 23.0 Å². The van der Waals surface area contributed by atoms with Gasteiger partial charge >= 0.3 is 6.18 Å². The van der Waals surface area contributed by atoms with Crippen molar-refractivity contribution >= 4 is 34.0 Å². The van der Waals surface area contributed by atoms with Gasteiger partial charge in [0.2, 0.25) is 12.1 Å². The van der Waals surface area contributed by atoms with Gasteiger partial charge in [0.25, 0.3) is 0 Å². The van der Waals surface area contributed by atoms with Gasteiger partial charge in [0.1, 0.15) is 11.4 Å². The van der Waals surface area contributed by atoms with E-state index < -0.39 is 29.3 Å². The molecule has 2 rings (SSSR count). The molecule has 0 aliphatic carbocycles. The van der Waals surface area contributed by atoms with Gasteiger partial charge in [0.05, 0.1) is 6.20 Å². The van der Waals surface area contributed by atoms with Gasteiger partial charge in [-0.3, -0.25) is 9.00 Å². The van der Waals surface area contributed by atoms with Crippen LogP contribution in [0.5, 0.6) is 0 Å². The Morgan fingerprint density at radius 2 is 2.14 bits per heavy atom. The molecule has 12 heteroatoms. The standard InChI is InChI=1S/C16H18ClF3N4O3S/c1-22(14(25)5-9-28(27)8-3-6-16(18,19)20)13-11-24(21-15(13)17)12-4-2-7-23(26)10-12/h2,4,7,10-11H,3,5-6,8-9H2,1H3. The van der Waals surface area contributed by atoms with Crippen LogP contribution in [0.2, 0.25) is 5.15 Å². The Hall–Kier alpha value is -2.14. The van der Waals surface area contributed by atoms with Gasteiger partial charge < -0.3 is 10.1 Å². The molecule has 0 spiro atoms. The molecule has 2 aromatic heterocycles. The van der Waals surface area contributed by atoms with Crippen molar-refractivity contribution in [3.8, 4) is 5.69 Å². The molecule has 0 aliphatic rings. The Morgan fingerprint density at radius 1 is 1.43 bits per heavy atom. The van der Waals surface area contributed by atoms with Crippen LogP contribution in [0.1, 0.15) is 19.3 Å². The summed E-state index contributed by atoms with van der Waals surface area (Å²) in [6.07, 6.45) is -1.57. The maximum absolute atomic E-state index is 12.3. The Bertz CT molecular complexity index is 860. The highest BCUT2D eigenvalue weighted by atomic mass is 35.5. The summed E-state index contributed by atoms with van der Waals surface area (Å²) in [6.45, 7) is 0. The lowest BCUT2D eigenvalue weighted by molar-refractivity contribution is -0.605. The summed E-state index contributed by atoms with van der Waals surface area (Å²) in [7, 11) is -0.0603. The van der Waals surface area contributed by atoms with Gasteiger partial charge in [-0.1, -0.05) is 11.6 Å². The number of rotatable bonds is 8. The number of halogens is 4. The highest BCUT2D eigenvalue weighted by Crippen LogP contribution is 2.25. The molecular weight excluding hydrogens is 421 g/mol. The van der Waals surface area contributed by atoms with Gasteiger partial charge in [-0.25, -0.2) is 4.68 Å². The van der Waals surface area contributed by atoms with E-state index in [4.69, 9.17) is 11.6 Å². The summed E-state index contributed by atoms with van der Waals surface area (Å²) in [4.78, 5) is 13.5. The second kappa shape index (κ2) is 9.37. The number of carbonyl (C=O) groups excluding carboxylic acids is 1. The first kappa shape index (κ1) is 22.2. The summed E-state index contributed by atoms with van der Waals surface area (Å²) in [5.41, 5.74) is 0.730. The van der Waals surface area contributed by atoms with Crippen LogP contribution in [0.15, 0.2) is 30.7 Å². The highest BCUT2D eigenvalue weighted by Gasteiger charge is 2.26. The van der Waals surface area contributed by atoms with Crippen LogP contribution in [0.4, 0.5) is 18.9 Å². The summed E-state index contributed by atoms with van der Waals surface area (Å²) < 4.78 is 50.0. The molecule has 28 heavy (non-hydrogen) atoms. The van der Waals surface area contributed by atoms with E-state index in [1.54, 1.807) is 6.07 Å². The van der Waals surface area contributed by atoms with Crippen molar-refractivity contribution < 1.29 is 26.9 Å². The van der Waals surface area contributed by atoms with Crippen LogP contribution in [-0.4, -0.2) is 44.6 Å². The molecule has 1 amide bonds. The zero-order chi connectivity index (χ0) is 20.9. The average molecular weight is 439 g/mol. The molecule has 0 aliphatic heterocycles. The monoisotopic (exact) mass is 438 g/mol. The smallest absolute Gasteiger partial charge is 0.389 e. The molecule has 0 saturated heterocycles. The van der Waals surface area contributed by atoms with E-state index in [0.29, 0.717) is 10.4 Å². The van der Waals surface area contributed by atoms with Crippen molar-refractivity contribution in [2.45, 2.75) is 25.4 Å². The fourth-order valence-corrected chi connectivity index (χ4v) is 3.65. The number of pyridine rings is 1. The molecule has 0 saturated carbocycles. The molecular formula is C16H18ClF3N4O3S. The molecule has 7 nitrogen and oxygen atoms in total. The first-order chi connectivity index (χ1) is 13.1. The Balaban J connectivity index is 1.93. The molecule has 0 fully saturated rings. The first-order valence-electron chi connectivity index (χ1n) is 8.19. The third-order valence-corrected chi connectivity index (χ3v) is 5.46. The predicted molar refractivity (Wildman–Crippen MR) is 98.7 cm³/mol. The zero-order valence-electron chi connectivity index (χ0n) is 14.9. The first-order valence-corrected chi connectivity index (χ1v) is 10.1. The van der Waals surface area contributed by atoms with E-state index in [2.05, 4.69) is 5.10 Å². The lowest BCUT2D eigenvalue weighted by atomic mass is 10.3. The number of nitrogens with zero attached hydrogens (tertiary/aromatic N) is 4. The van der Waals surface area contributed by atoms with Crippen LogP contribution >= 0.6 is 11.6 Å². The summed E-state index contributed by atoms with van der Waals surface area (Å²) in [6, 6.07) is 3.16. The second-order valence-electron chi connectivity index (χ2n) is 5.94. The highest BCUT2D eigenvalue weighted by molar-refractivity contribution is 7.84. The maximum Gasteiger partial charge on any atom is 0.389 e. The molecule has 0 radical (unpaired) electrons. The van der Waals surface area contributed by atoms with Crippen LogP contribution in [0, 0.1) is 5.21 Å². The summed E-state index contributed by atoms with van der Waals surface area (Å²) in [5.74, 6) is -0.558. The van der Waals surface area contributed by atoms with Crippen LogP contribution < -0.4 is 9.63 Å². The van der Waals surface area contributed by atoms with E-state index in [9.17, 15) is 27.4 Å².